The number of aliphatic hydroxyl groups is 2. The lowest BCUT2D eigenvalue weighted by molar-refractivity contribution is 0.0501. The molecule has 0 radical (unpaired) electrons. The number of alkyl halides is 2. The third-order valence-electron chi connectivity index (χ3n) is 4.26. The summed E-state index contributed by atoms with van der Waals surface area (Å²) in [4.78, 5) is 2.13. The normalized spacial score (nSPS) is 17.5. The third-order valence-corrected chi connectivity index (χ3v) is 4.97. The van der Waals surface area contributed by atoms with Crippen molar-refractivity contribution >= 4 is 23.2 Å². The Hall–Kier alpha value is 0.420. The molecule has 3 unspecified atom stereocenters. The Morgan fingerprint density at radius 3 is 2.23 bits per heavy atom. The fourth-order valence-corrected chi connectivity index (χ4v) is 2.59. The van der Waals surface area contributed by atoms with Crippen LogP contribution in [0.4, 0.5) is 0 Å². The summed E-state index contributed by atoms with van der Waals surface area (Å²) in [5.41, 5.74) is 0.0631. The predicted molar refractivity (Wildman–Crippen MR) is 94.0 cm³/mol. The van der Waals surface area contributed by atoms with E-state index < -0.39 is 12.2 Å². The van der Waals surface area contributed by atoms with Gasteiger partial charge in [-0.25, -0.2) is 0 Å². The van der Waals surface area contributed by atoms with Crippen molar-refractivity contribution in [3.05, 3.63) is 0 Å². The maximum Gasteiger partial charge on any atom is 0.0802 e. The van der Waals surface area contributed by atoms with Crippen molar-refractivity contribution in [1.29, 1.82) is 0 Å². The van der Waals surface area contributed by atoms with Gasteiger partial charge < -0.3 is 14.9 Å². The molecule has 6 heteroatoms. The molecule has 0 bridgehead atoms. The maximum absolute atomic E-state index is 9.73. The van der Waals surface area contributed by atoms with E-state index in [1.807, 2.05) is 0 Å². The smallest absolute Gasteiger partial charge is 0.0802 e. The van der Waals surface area contributed by atoms with Crippen molar-refractivity contribution in [2.45, 2.75) is 52.2 Å². The van der Waals surface area contributed by atoms with Gasteiger partial charge in [0.1, 0.15) is 0 Å². The first kappa shape index (κ1) is 22.4. The van der Waals surface area contributed by atoms with Crippen molar-refractivity contribution in [2.24, 2.45) is 5.41 Å². The Kier molecular flexibility index (Phi) is 13.0. The number of hydrogen-bond donors (Lipinski definition) is 2. The molecule has 0 spiro atoms. The number of halogens is 2. The van der Waals surface area contributed by atoms with E-state index in [0.29, 0.717) is 26.2 Å². The van der Waals surface area contributed by atoms with E-state index in [1.54, 1.807) is 0 Å². The minimum atomic E-state index is -0.484. The second kappa shape index (κ2) is 12.8. The summed E-state index contributed by atoms with van der Waals surface area (Å²) in [6.07, 6.45) is 1.68. The van der Waals surface area contributed by atoms with Crippen molar-refractivity contribution in [1.82, 2.24) is 4.90 Å². The topological polar surface area (TPSA) is 52.9 Å². The molecule has 22 heavy (non-hydrogen) atoms. The Balaban J connectivity index is 3.93. The molecule has 3 atom stereocenters. The van der Waals surface area contributed by atoms with Crippen LogP contribution in [0.2, 0.25) is 0 Å². The molecule has 2 N–H and O–H groups in total. The number of aliphatic hydroxyl groups excluding tert-OH is 2. The zero-order valence-corrected chi connectivity index (χ0v) is 15.7. The lowest BCUT2D eigenvalue weighted by Crippen LogP contribution is -2.35. The first-order chi connectivity index (χ1) is 10.4. The second-order valence-corrected chi connectivity index (χ2v) is 6.86. The van der Waals surface area contributed by atoms with Crippen LogP contribution in [0, 0.1) is 5.41 Å². The number of ether oxygens (including phenoxy) is 1. The van der Waals surface area contributed by atoms with Crippen LogP contribution in [0.25, 0.3) is 0 Å². The van der Waals surface area contributed by atoms with Crippen LogP contribution in [0.1, 0.15) is 40.0 Å². The quantitative estimate of drug-likeness (QED) is 0.370. The number of nitrogens with zero attached hydrogens (tertiary/aromatic N) is 1. The van der Waals surface area contributed by atoms with Gasteiger partial charge in [-0.3, -0.25) is 4.90 Å². The van der Waals surface area contributed by atoms with Gasteiger partial charge in [-0.2, -0.15) is 0 Å². The Labute approximate surface area is 145 Å². The highest BCUT2D eigenvalue weighted by Crippen LogP contribution is 2.31. The average Bonchev–Trinajstić information content (AvgIpc) is 2.52. The molecule has 0 heterocycles. The van der Waals surface area contributed by atoms with Crippen LogP contribution < -0.4 is 0 Å². The molecule has 0 aliphatic heterocycles. The second-order valence-electron chi connectivity index (χ2n) is 6.24. The summed E-state index contributed by atoms with van der Waals surface area (Å²) < 4.78 is 5.72. The van der Waals surface area contributed by atoms with Crippen LogP contribution in [0.3, 0.4) is 0 Å². The van der Waals surface area contributed by atoms with Crippen LogP contribution in [0.15, 0.2) is 0 Å². The van der Waals surface area contributed by atoms with Crippen LogP contribution in [0.5, 0.6) is 0 Å². The SMILES string of the molecule is CCN(CCOCCC(C)(CC)CC(O)CCl)CC(O)CCl. The van der Waals surface area contributed by atoms with Gasteiger partial charge in [0.05, 0.1) is 18.8 Å². The largest absolute Gasteiger partial charge is 0.392 e. The average molecular weight is 358 g/mol. The summed E-state index contributed by atoms with van der Waals surface area (Å²) >= 11 is 11.3. The van der Waals surface area contributed by atoms with E-state index in [2.05, 4.69) is 25.7 Å². The lowest BCUT2D eigenvalue weighted by atomic mass is 9.79. The molecule has 0 aliphatic carbocycles. The summed E-state index contributed by atoms with van der Waals surface area (Å²) in [5.74, 6) is 0.542. The van der Waals surface area contributed by atoms with Gasteiger partial charge in [-0.1, -0.05) is 27.2 Å². The van der Waals surface area contributed by atoms with Crippen molar-refractivity contribution in [3.8, 4) is 0 Å². The predicted octanol–water partition coefficient (Wildman–Crippen LogP) is 2.72. The Bertz CT molecular complexity index is 272. The molecule has 0 rings (SSSR count). The van der Waals surface area contributed by atoms with Crippen LogP contribution in [-0.4, -0.2) is 71.9 Å². The third kappa shape index (κ3) is 10.2. The van der Waals surface area contributed by atoms with Crippen molar-refractivity contribution < 1.29 is 14.9 Å². The number of likely N-dealkylation sites (N-methyl/N-ethyl adjacent to an activating group) is 1. The Morgan fingerprint density at radius 2 is 1.73 bits per heavy atom. The first-order valence-electron chi connectivity index (χ1n) is 8.18. The molecular weight excluding hydrogens is 325 g/mol. The molecule has 0 saturated carbocycles. The summed E-state index contributed by atoms with van der Waals surface area (Å²) in [6.45, 7) is 9.91. The van der Waals surface area contributed by atoms with Gasteiger partial charge >= 0.3 is 0 Å². The maximum atomic E-state index is 9.73. The molecule has 0 aliphatic rings. The zero-order chi connectivity index (χ0) is 17.0. The number of hydrogen-bond acceptors (Lipinski definition) is 4. The van der Waals surface area contributed by atoms with Gasteiger partial charge in [0, 0.05) is 31.5 Å². The standard InChI is InChI=1S/C16H33Cl2NO3/c1-4-16(3,10-14(20)11-17)6-8-22-9-7-19(5-2)13-15(21)12-18/h14-15,20-21H,4-13H2,1-3H3. The monoisotopic (exact) mass is 357 g/mol. The summed E-state index contributed by atoms with van der Waals surface area (Å²) in [7, 11) is 0. The van der Waals surface area contributed by atoms with Gasteiger partial charge in [-0.05, 0) is 24.8 Å². The molecular formula is C16H33Cl2NO3. The Morgan fingerprint density at radius 1 is 1.09 bits per heavy atom. The lowest BCUT2D eigenvalue weighted by Gasteiger charge is -2.30. The molecule has 0 amide bonds. The van der Waals surface area contributed by atoms with Crippen LogP contribution >= 0.6 is 23.2 Å². The van der Waals surface area contributed by atoms with E-state index in [1.165, 1.54) is 0 Å². The van der Waals surface area contributed by atoms with Crippen molar-refractivity contribution in [2.75, 3.05) is 44.6 Å². The van der Waals surface area contributed by atoms with Gasteiger partial charge in [0.15, 0.2) is 0 Å². The molecule has 0 saturated heterocycles. The van der Waals surface area contributed by atoms with Crippen LogP contribution in [-0.2, 0) is 4.74 Å². The fourth-order valence-electron chi connectivity index (χ4n) is 2.39. The van der Waals surface area contributed by atoms with E-state index in [4.69, 9.17) is 27.9 Å². The van der Waals surface area contributed by atoms with E-state index >= 15 is 0 Å². The summed E-state index contributed by atoms with van der Waals surface area (Å²) in [6, 6.07) is 0. The molecule has 0 aromatic carbocycles. The van der Waals surface area contributed by atoms with E-state index in [-0.39, 0.29) is 17.2 Å². The molecule has 0 fully saturated rings. The molecule has 134 valence electrons. The fraction of sp³-hybridized carbons (Fsp3) is 1.00. The number of rotatable bonds is 14. The highest BCUT2D eigenvalue weighted by atomic mass is 35.5. The minimum absolute atomic E-state index is 0.0631. The highest BCUT2D eigenvalue weighted by molar-refractivity contribution is 6.18. The van der Waals surface area contributed by atoms with E-state index in [9.17, 15) is 10.2 Å². The molecule has 0 aromatic rings. The molecule has 0 aromatic heterocycles. The zero-order valence-electron chi connectivity index (χ0n) is 14.2. The first-order valence-corrected chi connectivity index (χ1v) is 9.25. The minimum Gasteiger partial charge on any atom is -0.392 e. The van der Waals surface area contributed by atoms with E-state index in [0.717, 1.165) is 25.9 Å². The van der Waals surface area contributed by atoms with Gasteiger partial charge in [0.2, 0.25) is 0 Å². The summed E-state index contributed by atoms with van der Waals surface area (Å²) in [5, 5.41) is 19.3. The van der Waals surface area contributed by atoms with Crippen molar-refractivity contribution in [3.63, 3.8) is 0 Å². The molecule has 4 nitrogen and oxygen atoms in total. The van der Waals surface area contributed by atoms with Gasteiger partial charge in [0.25, 0.3) is 0 Å². The highest BCUT2D eigenvalue weighted by Gasteiger charge is 2.25. The van der Waals surface area contributed by atoms with Gasteiger partial charge in [-0.15, -0.1) is 23.2 Å².